The summed E-state index contributed by atoms with van der Waals surface area (Å²) in [6, 6.07) is 4.86. The Labute approximate surface area is 152 Å². The number of carbonyl (C=O) groups excluding carboxylic acids is 1. The van der Waals surface area contributed by atoms with Gasteiger partial charge in [-0.2, -0.15) is 0 Å². The van der Waals surface area contributed by atoms with Crippen LogP contribution in [-0.4, -0.2) is 20.6 Å². The molecule has 0 atom stereocenters. The minimum Gasteiger partial charge on any atom is -0.501 e. The Balaban J connectivity index is 1.87. The molecule has 0 bridgehead atoms. The number of benzene rings is 1. The highest BCUT2D eigenvalue weighted by Crippen LogP contribution is 2.23. The van der Waals surface area contributed by atoms with E-state index in [9.17, 15) is 14.7 Å². The van der Waals surface area contributed by atoms with Crippen molar-refractivity contribution in [3.8, 4) is 5.75 Å². The molecule has 3 rings (SSSR count). The molecule has 1 amide bonds. The highest BCUT2D eigenvalue weighted by Gasteiger charge is 2.25. The van der Waals surface area contributed by atoms with E-state index in [0.717, 1.165) is 4.57 Å². The van der Waals surface area contributed by atoms with Gasteiger partial charge in [0.2, 0.25) is 11.4 Å². The van der Waals surface area contributed by atoms with Crippen molar-refractivity contribution in [1.29, 1.82) is 0 Å². The predicted molar refractivity (Wildman–Crippen MR) is 92.4 cm³/mol. The summed E-state index contributed by atoms with van der Waals surface area (Å²) >= 11 is 11.7. The third kappa shape index (κ3) is 3.09. The summed E-state index contributed by atoms with van der Waals surface area (Å²) in [5, 5.41) is 13.3. The lowest BCUT2D eigenvalue weighted by molar-refractivity contribution is 0.0942. The molecule has 7 nitrogen and oxygen atoms in total. The smallest absolute Gasteiger partial charge is 0.296 e. The molecule has 9 heteroatoms. The molecule has 1 aromatic carbocycles. The molecule has 0 unspecified atom stereocenters. The van der Waals surface area contributed by atoms with E-state index in [0.29, 0.717) is 15.6 Å². The normalized spacial score (nSPS) is 12.3. The van der Waals surface area contributed by atoms with Gasteiger partial charge in [-0.05, 0) is 17.7 Å². The molecule has 1 aliphatic heterocycles. The second-order valence-electron chi connectivity index (χ2n) is 5.18. The molecule has 126 valence electrons. The number of nitrogens with zero attached hydrogens (tertiary/aromatic N) is 3. The fourth-order valence-corrected chi connectivity index (χ4v) is 2.67. The Morgan fingerprint density at radius 1 is 1.40 bits per heavy atom. The summed E-state index contributed by atoms with van der Waals surface area (Å²) in [6.45, 7) is 7.31. The van der Waals surface area contributed by atoms with Crippen LogP contribution in [0.2, 0.25) is 10.0 Å². The van der Waals surface area contributed by atoms with Crippen molar-refractivity contribution in [1.82, 2.24) is 14.9 Å². The van der Waals surface area contributed by atoms with Crippen molar-refractivity contribution >= 4 is 34.8 Å². The van der Waals surface area contributed by atoms with Crippen LogP contribution in [0.15, 0.2) is 29.1 Å². The maximum Gasteiger partial charge on any atom is 0.296 e. The number of rotatable bonds is 3. The van der Waals surface area contributed by atoms with Crippen LogP contribution in [0.5, 0.6) is 5.75 Å². The third-order valence-electron chi connectivity index (χ3n) is 3.61. The van der Waals surface area contributed by atoms with Crippen molar-refractivity contribution in [3.63, 3.8) is 0 Å². The maximum absolute atomic E-state index is 12.3. The van der Waals surface area contributed by atoms with Gasteiger partial charge in [-0.3, -0.25) is 14.2 Å². The average Bonchev–Trinajstić information content (AvgIpc) is 3.02. The number of fused-ring (bicyclic) bond motifs is 1. The summed E-state index contributed by atoms with van der Waals surface area (Å²) in [7, 11) is 0. The molecule has 0 spiro atoms. The summed E-state index contributed by atoms with van der Waals surface area (Å²) < 4.78 is 1.14. The third-order valence-corrected chi connectivity index (χ3v) is 4.35. The summed E-state index contributed by atoms with van der Waals surface area (Å²) in [5.74, 6) is -1.42. The van der Waals surface area contributed by atoms with Gasteiger partial charge in [-0.25, -0.2) is 9.83 Å². The zero-order valence-electron chi connectivity index (χ0n) is 12.6. The van der Waals surface area contributed by atoms with Gasteiger partial charge in [0.1, 0.15) is 5.82 Å². The van der Waals surface area contributed by atoms with E-state index in [4.69, 9.17) is 29.8 Å². The van der Waals surface area contributed by atoms with Gasteiger partial charge in [0, 0.05) is 13.1 Å². The first kappa shape index (κ1) is 17.0. The van der Waals surface area contributed by atoms with E-state index >= 15 is 0 Å². The summed E-state index contributed by atoms with van der Waals surface area (Å²) in [4.78, 5) is 31.7. The van der Waals surface area contributed by atoms with E-state index in [1.54, 1.807) is 18.2 Å². The first-order valence-electron chi connectivity index (χ1n) is 7.06. The molecule has 1 aliphatic rings. The molecule has 2 N–H and O–H groups in total. The van der Waals surface area contributed by atoms with Crippen molar-refractivity contribution in [2.75, 3.05) is 0 Å². The fourth-order valence-electron chi connectivity index (χ4n) is 2.35. The number of aromatic hydroxyl groups is 1. The molecule has 2 aromatic rings. The van der Waals surface area contributed by atoms with Gasteiger partial charge in [-0.1, -0.05) is 35.3 Å². The van der Waals surface area contributed by atoms with E-state index in [1.807, 2.05) is 0 Å². The predicted octanol–water partition coefficient (Wildman–Crippen LogP) is 2.46. The first-order chi connectivity index (χ1) is 11.9. The SMILES string of the molecule is [C-]#[N+]C1=CCn2c1nc(C(=O)NCc1ccc(Cl)c(Cl)c1)c(O)c2=O. The zero-order chi connectivity index (χ0) is 18.1. The van der Waals surface area contributed by atoms with Crippen LogP contribution in [0.4, 0.5) is 0 Å². The van der Waals surface area contributed by atoms with Gasteiger partial charge >= 0.3 is 0 Å². The molecule has 0 aliphatic carbocycles. The molecule has 0 saturated carbocycles. The Bertz CT molecular complexity index is 1020. The van der Waals surface area contributed by atoms with Gasteiger partial charge in [-0.15, -0.1) is 0 Å². The molecular weight excluding hydrogens is 367 g/mol. The monoisotopic (exact) mass is 376 g/mol. The van der Waals surface area contributed by atoms with E-state index in [2.05, 4.69) is 15.1 Å². The number of amides is 1. The van der Waals surface area contributed by atoms with Crippen LogP contribution in [0.1, 0.15) is 21.9 Å². The lowest BCUT2D eigenvalue weighted by atomic mass is 10.2. The van der Waals surface area contributed by atoms with Gasteiger partial charge < -0.3 is 10.4 Å². The maximum atomic E-state index is 12.3. The average molecular weight is 377 g/mol. The van der Waals surface area contributed by atoms with Gasteiger partial charge in [0.25, 0.3) is 11.5 Å². The highest BCUT2D eigenvalue weighted by molar-refractivity contribution is 6.42. The molecule has 0 fully saturated rings. The van der Waals surface area contributed by atoms with Gasteiger partial charge in [0.05, 0.1) is 16.6 Å². The van der Waals surface area contributed by atoms with Crippen molar-refractivity contribution < 1.29 is 9.90 Å². The van der Waals surface area contributed by atoms with E-state index in [-0.39, 0.29) is 24.6 Å². The van der Waals surface area contributed by atoms with Crippen LogP contribution >= 0.6 is 23.2 Å². The quantitative estimate of drug-likeness (QED) is 0.805. The van der Waals surface area contributed by atoms with Crippen LogP contribution in [0.3, 0.4) is 0 Å². The second-order valence-corrected chi connectivity index (χ2v) is 6.00. The number of hydrogen-bond donors (Lipinski definition) is 2. The lowest BCUT2D eigenvalue weighted by Gasteiger charge is -2.10. The Hall–Kier alpha value is -2.82. The Morgan fingerprint density at radius 2 is 2.16 bits per heavy atom. The van der Waals surface area contributed by atoms with Crippen LogP contribution in [-0.2, 0) is 13.1 Å². The van der Waals surface area contributed by atoms with E-state index < -0.39 is 22.9 Å². The van der Waals surface area contributed by atoms with Crippen molar-refractivity contribution in [2.24, 2.45) is 0 Å². The number of aromatic nitrogens is 2. The Morgan fingerprint density at radius 3 is 2.84 bits per heavy atom. The van der Waals surface area contributed by atoms with E-state index in [1.165, 1.54) is 6.08 Å². The Kier molecular flexibility index (Phi) is 4.49. The zero-order valence-corrected chi connectivity index (χ0v) is 14.1. The van der Waals surface area contributed by atoms with Crippen LogP contribution in [0, 0.1) is 6.57 Å². The number of carbonyl (C=O) groups is 1. The fraction of sp³-hybridized carbons (Fsp3) is 0.125. The van der Waals surface area contributed by atoms with Crippen LogP contribution < -0.4 is 10.9 Å². The lowest BCUT2D eigenvalue weighted by Crippen LogP contribution is -2.29. The summed E-state index contributed by atoms with van der Waals surface area (Å²) in [6.07, 6.45) is 1.51. The molecule has 25 heavy (non-hydrogen) atoms. The number of hydrogen-bond acceptors (Lipinski definition) is 4. The molecule has 0 saturated heterocycles. The number of halogens is 2. The number of nitrogens with one attached hydrogen (secondary N) is 1. The topological polar surface area (TPSA) is 88.6 Å². The minimum absolute atomic E-state index is 0.0671. The van der Waals surface area contributed by atoms with Crippen LogP contribution in [0.25, 0.3) is 10.5 Å². The number of allylic oxidation sites excluding steroid dienone is 1. The van der Waals surface area contributed by atoms with Crippen molar-refractivity contribution in [3.05, 3.63) is 73.2 Å². The second kappa shape index (κ2) is 6.59. The summed E-state index contributed by atoms with van der Waals surface area (Å²) in [5.41, 5.74) is -0.343. The highest BCUT2D eigenvalue weighted by atomic mass is 35.5. The largest absolute Gasteiger partial charge is 0.501 e. The van der Waals surface area contributed by atoms with Crippen molar-refractivity contribution in [2.45, 2.75) is 13.1 Å². The standard InChI is InChI=1S/C16H10Cl2N4O3/c1-19-11-4-5-22-14(11)21-12(13(23)16(22)25)15(24)20-7-8-2-3-9(17)10(18)6-8/h2-4,6,23H,5,7H2,(H,20,24). The first-order valence-corrected chi connectivity index (χ1v) is 7.82. The molecule has 1 aromatic heterocycles. The molecule has 0 radical (unpaired) electrons. The molecular formula is C16H10Cl2N4O3. The minimum atomic E-state index is -0.764. The molecule has 2 heterocycles. The van der Waals surface area contributed by atoms with Gasteiger partial charge in [0.15, 0.2) is 5.69 Å².